The molecule has 6 heteroatoms. The predicted molar refractivity (Wildman–Crippen MR) is 100 cm³/mol. The number of carbonyl (C=O) groups excluding carboxylic acids is 1. The SMILES string of the molecule is Cc1ccc(S(=O)(=O)OC(=O)[C@@H](N)Cc2ccc3ccccc3c2)cc1. The van der Waals surface area contributed by atoms with Gasteiger partial charge >= 0.3 is 16.1 Å². The van der Waals surface area contributed by atoms with Crippen LogP contribution >= 0.6 is 0 Å². The van der Waals surface area contributed by atoms with Crippen molar-refractivity contribution in [1.82, 2.24) is 0 Å². The van der Waals surface area contributed by atoms with E-state index in [1.165, 1.54) is 12.1 Å². The van der Waals surface area contributed by atoms with Gasteiger partial charge in [-0.05, 0) is 41.8 Å². The first-order chi connectivity index (χ1) is 12.3. The Morgan fingerprint density at radius 2 is 1.65 bits per heavy atom. The molecule has 26 heavy (non-hydrogen) atoms. The van der Waals surface area contributed by atoms with E-state index >= 15 is 0 Å². The quantitative estimate of drug-likeness (QED) is 0.699. The van der Waals surface area contributed by atoms with Gasteiger partial charge in [0.25, 0.3) is 0 Å². The van der Waals surface area contributed by atoms with Gasteiger partial charge in [-0.15, -0.1) is 0 Å². The average Bonchev–Trinajstić information content (AvgIpc) is 2.61. The third-order valence-corrected chi connectivity index (χ3v) is 5.31. The largest absolute Gasteiger partial charge is 0.341 e. The molecule has 0 saturated heterocycles. The molecule has 0 fully saturated rings. The van der Waals surface area contributed by atoms with Crippen molar-refractivity contribution in [3.05, 3.63) is 77.9 Å². The van der Waals surface area contributed by atoms with Crippen molar-refractivity contribution in [1.29, 1.82) is 0 Å². The fraction of sp³-hybridized carbons (Fsp3) is 0.150. The molecule has 0 amide bonds. The summed E-state index contributed by atoms with van der Waals surface area (Å²) in [6.45, 7) is 1.84. The fourth-order valence-corrected chi connectivity index (χ4v) is 3.53. The van der Waals surface area contributed by atoms with Gasteiger partial charge in [-0.25, -0.2) is 4.79 Å². The standard InChI is InChI=1S/C20H19NO4S/c1-14-6-10-18(11-7-14)26(23,24)25-20(22)19(21)13-15-8-9-16-4-2-3-5-17(16)12-15/h2-12,19H,13,21H2,1H3/t19-/m0/s1. The van der Waals surface area contributed by atoms with E-state index in [2.05, 4.69) is 0 Å². The molecule has 0 bridgehead atoms. The summed E-state index contributed by atoms with van der Waals surface area (Å²) in [6.07, 6.45) is 0.188. The van der Waals surface area contributed by atoms with Crippen LogP contribution in [0.2, 0.25) is 0 Å². The molecule has 5 nitrogen and oxygen atoms in total. The Morgan fingerprint density at radius 3 is 2.35 bits per heavy atom. The number of nitrogens with two attached hydrogens (primary N) is 1. The molecule has 0 radical (unpaired) electrons. The smallest absolute Gasteiger partial charge is 0.341 e. The van der Waals surface area contributed by atoms with Crippen LogP contribution in [0.15, 0.2) is 71.6 Å². The van der Waals surface area contributed by atoms with Gasteiger partial charge in [0.2, 0.25) is 0 Å². The van der Waals surface area contributed by atoms with Crippen molar-refractivity contribution < 1.29 is 17.4 Å². The lowest BCUT2D eigenvalue weighted by Gasteiger charge is -2.12. The summed E-state index contributed by atoms with van der Waals surface area (Å²) in [4.78, 5) is 12.1. The highest BCUT2D eigenvalue weighted by atomic mass is 32.2. The first-order valence-corrected chi connectivity index (χ1v) is 9.54. The first kappa shape index (κ1) is 18.1. The summed E-state index contributed by atoms with van der Waals surface area (Å²) in [5.41, 5.74) is 7.60. The Bertz CT molecular complexity index is 1040. The number of aryl methyl sites for hydroxylation is 1. The minimum atomic E-state index is -4.18. The third kappa shape index (κ3) is 4.09. The summed E-state index contributed by atoms with van der Waals surface area (Å²) in [5, 5.41) is 2.10. The Morgan fingerprint density at radius 1 is 1.00 bits per heavy atom. The van der Waals surface area contributed by atoms with E-state index in [1.807, 2.05) is 49.4 Å². The maximum absolute atomic E-state index is 12.2. The predicted octanol–water partition coefficient (Wildman–Crippen LogP) is 2.95. The van der Waals surface area contributed by atoms with Crippen LogP contribution in [0, 0.1) is 6.92 Å². The summed E-state index contributed by atoms with van der Waals surface area (Å²) in [5.74, 6) is -0.973. The number of hydrogen-bond acceptors (Lipinski definition) is 5. The molecule has 0 saturated carbocycles. The highest BCUT2D eigenvalue weighted by Crippen LogP contribution is 2.18. The van der Waals surface area contributed by atoms with E-state index in [0.717, 1.165) is 21.9 Å². The van der Waals surface area contributed by atoms with Crippen molar-refractivity contribution in [2.24, 2.45) is 5.73 Å². The van der Waals surface area contributed by atoms with Crippen molar-refractivity contribution in [3.8, 4) is 0 Å². The Labute approximate surface area is 152 Å². The fourth-order valence-electron chi connectivity index (χ4n) is 2.63. The minimum Gasteiger partial charge on any atom is -0.341 e. The van der Waals surface area contributed by atoms with Crippen LogP contribution in [0.1, 0.15) is 11.1 Å². The zero-order valence-corrected chi connectivity index (χ0v) is 15.1. The number of carbonyl (C=O) groups is 1. The number of benzene rings is 3. The van der Waals surface area contributed by atoms with Gasteiger partial charge in [-0.1, -0.05) is 60.2 Å². The third-order valence-electron chi connectivity index (χ3n) is 4.07. The topological polar surface area (TPSA) is 86.5 Å². The van der Waals surface area contributed by atoms with Gasteiger partial charge in [-0.3, -0.25) is 0 Å². The molecule has 0 heterocycles. The van der Waals surface area contributed by atoms with Crippen LogP contribution in [0.3, 0.4) is 0 Å². The monoisotopic (exact) mass is 369 g/mol. The van der Waals surface area contributed by atoms with Crippen molar-refractivity contribution >= 4 is 26.9 Å². The van der Waals surface area contributed by atoms with E-state index in [1.54, 1.807) is 12.1 Å². The van der Waals surface area contributed by atoms with Gasteiger partial charge in [0.15, 0.2) is 0 Å². The van der Waals surface area contributed by atoms with Gasteiger partial charge in [0.05, 0.1) is 0 Å². The molecule has 3 rings (SSSR count). The molecule has 134 valence electrons. The minimum absolute atomic E-state index is 0.0747. The molecule has 1 atom stereocenters. The second-order valence-corrected chi connectivity index (χ2v) is 7.71. The molecular formula is C20H19NO4S. The lowest BCUT2D eigenvalue weighted by atomic mass is 10.0. The van der Waals surface area contributed by atoms with Crippen LogP contribution in [-0.4, -0.2) is 20.4 Å². The van der Waals surface area contributed by atoms with E-state index in [9.17, 15) is 13.2 Å². The van der Waals surface area contributed by atoms with Crippen molar-refractivity contribution in [3.63, 3.8) is 0 Å². The lowest BCUT2D eigenvalue weighted by molar-refractivity contribution is -0.135. The summed E-state index contributed by atoms with van der Waals surface area (Å²) >= 11 is 0. The first-order valence-electron chi connectivity index (χ1n) is 8.13. The van der Waals surface area contributed by atoms with Crippen molar-refractivity contribution in [2.45, 2.75) is 24.3 Å². The molecule has 0 spiro atoms. The summed E-state index contributed by atoms with van der Waals surface area (Å²) in [7, 11) is -4.18. The second kappa shape index (κ2) is 7.27. The second-order valence-electron chi connectivity index (χ2n) is 6.16. The summed E-state index contributed by atoms with van der Waals surface area (Å²) in [6, 6.07) is 18.5. The van der Waals surface area contributed by atoms with Crippen LogP contribution < -0.4 is 5.73 Å². The molecular weight excluding hydrogens is 350 g/mol. The Balaban J connectivity index is 1.71. The van der Waals surface area contributed by atoms with E-state index in [-0.39, 0.29) is 11.3 Å². The average molecular weight is 369 g/mol. The Kier molecular flexibility index (Phi) is 5.06. The highest BCUT2D eigenvalue weighted by Gasteiger charge is 2.24. The van der Waals surface area contributed by atoms with Crippen molar-refractivity contribution in [2.75, 3.05) is 0 Å². The van der Waals surface area contributed by atoms with Gasteiger partial charge < -0.3 is 9.92 Å². The molecule has 2 N–H and O–H groups in total. The summed E-state index contributed by atoms with van der Waals surface area (Å²) < 4.78 is 29.1. The highest BCUT2D eigenvalue weighted by molar-refractivity contribution is 7.87. The van der Waals surface area contributed by atoms with Gasteiger partial charge in [-0.2, -0.15) is 8.42 Å². The van der Waals surface area contributed by atoms with Crippen LogP contribution in [0.25, 0.3) is 10.8 Å². The molecule has 0 aliphatic carbocycles. The number of rotatable bonds is 5. The van der Waals surface area contributed by atoms with Crippen LogP contribution in [0.4, 0.5) is 0 Å². The van der Waals surface area contributed by atoms with Crippen LogP contribution in [0.5, 0.6) is 0 Å². The maximum atomic E-state index is 12.2. The molecule has 3 aromatic rings. The normalized spacial score (nSPS) is 12.7. The van der Waals surface area contributed by atoms with E-state index in [0.29, 0.717) is 0 Å². The molecule has 0 aliphatic heterocycles. The molecule has 0 aromatic heterocycles. The van der Waals surface area contributed by atoms with Gasteiger partial charge in [0, 0.05) is 0 Å². The molecule has 0 aliphatic rings. The Hall–Kier alpha value is -2.70. The zero-order valence-electron chi connectivity index (χ0n) is 14.3. The van der Waals surface area contributed by atoms with E-state index < -0.39 is 22.1 Å². The number of fused-ring (bicyclic) bond motifs is 1. The molecule has 3 aromatic carbocycles. The zero-order chi connectivity index (χ0) is 18.7. The maximum Gasteiger partial charge on any atom is 0.341 e. The lowest BCUT2D eigenvalue weighted by Crippen LogP contribution is -2.35. The van der Waals surface area contributed by atoms with E-state index in [4.69, 9.17) is 9.92 Å². The van der Waals surface area contributed by atoms with Gasteiger partial charge in [0.1, 0.15) is 10.9 Å². The number of hydrogen-bond donors (Lipinski definition) is 1. The molecule has 0 unspecified atom stereocenters. The van der Waals surface area contributed by atoms with Crippen LogP contribution in [-0.2, 0) is 25.5 Å².